The third-order valence-corrected chi connectivity index (χ3v) is 24.5. The van der Waals surface area contributed by atoms with Crippen molar-refractivity contribution in [3.05, 3.63) is 487 Å². The molecule has 0 N–H and O–H groups in total. The second-order valence-corrected chi connectivity index (χ2v) is 33.0. The van der Waals surface area contributed by atoms with E-state index in [4.69, 9.17) is 18.9 Å². The number of rotatable bonds is 16. The van der Waals surface area contributed by atoms with E-state index < -0.39 is 0 Å². The van der Waals surface area contributed by atoms with E-state index in [0.29, 0.717) is 46.5 Å². The van der Waals surface area contributed by atoms with Crippen LogP contribution in [0, 0.1) is 48.5 Å². The fourth-order valence-corrected chi connectivity index (χ4v) is 18.3. The van der Waals surface area contributed by atoms with Gasteiger partial charge in [-0.1, -0.05) is 155 Å². The average molecular weight is 2580 g/mol. The molecule has 24 heteroatoms. The molecular weight excluding hydrogens is 2510 g/mol. The van der Waals surface area contributed by atoms with Crippen LogP contribution in [-0.2, 0) is 84.3 Å². The van der Waals surface area contributed by atoms with E-state index in [9.17, 15) is 0 Å². The average Bonchev–Trinajstić information content (AvgIpc) is 1.60. The Morgan fingerprint density at radius 3 is 0.903 bits per heavy atom. The number of para-hydroxylation sites is 4. The predicted molar refractivity (Wildman–Crippen MR) is 548 cm³/mol. The Balaban J connectivity index is 0.000000112. The van der Waals surface area contributed by atoms with Gasteiger partial charge in [-0.2, -0.15) is 24.3 Å². The summed E-state index contributed by atoms with van der Waals surface area (Å²) in [5.74, 6) is 6.25. The van der Waals surface area contributed by atoms with Crippen LogP contribution < -0.4 is 18.9 Å². The maximum absolute atomic E-state index is 6.00. The standard InChI is InChI=1S/4C30H18N4O.4Pt/c1-2-11-26-24(10-1)25-15-14-21(30-27-12-4-6-17-33(27)20-32-30)18-28(25)34(26)22-8-7-9-23(19-22)35-29-13-3-5-16-31-29;1-2-11-26-24(10-1)25-15-14-23(35-29-13-3-5-16-31-29)19-28(25)34(26)22-9-7-8-21(18-22)30-27-12-4-6-17-33(27)20-32-30;1-2-12-27-25(11-1)26-15-14-24(35-29-13-3-5-16-31-29)19-28(26)34(27)22-10-7-8-21(18-22)30-32-20-23-9-4-6-17-33(23)30;1-2-12-27-25(11-1)26-15-14-21(30-32-20-23-8-4-6-17-33(23)30)18-28(26)34(27)22-9-7-10-24(19-22)35-29-13-3-5-16-31-29;;;;/h4*1-17,20H;;;;/q4*-2;4*+2. The molecule has 0 amide bonds. The van der Waals surface area contributed by atoms with E-state index >= 15 is 0 Å². The van der Waals surface area contributed by atoms with Gasteiger partial charge in [-0.3, -0.25) is 19.9 Å². The molecule has 0 atom stereocenters. The molecule has 144 heavy (non-hydrogen) atoms. The number of aromatic nitrogens is 16. The van der Waals surface area contributed by atoms with Gasteiger partial charge < -0.3 is 54.8 Å². The van der Waals surface area contributed by atoms with Crippen molar-refractivity contribution >= 4 is 109 Å². The molecule has 12 aromatic carbocycles. The number of imidazole rings is 4. The van der Waals surface area contributed by atoms with E-state index in [1.807, 2.05) is 265 Å². The van der Waals surface area contributed by atoms with Crippen molar-refractivity contribution < 1.29 is 103 Å². The Labute approximate surface area is 882 Å². The van der Waals surface area contributed by atoms with Crippen LogP contribution in [0.1, 0.15) is 0 Å². The summed E-state index contributed by atoms with van der Waals surface area (Å²) in [6.07, 6.45) is 22.3. The first-order valence-electron chi connectivity index (χ1n) is 45.4. The number of fused-ring (bicyclic) bond motifs is 16. The summed E-state index contributed by atoms with van der Waals surface area (Å²) in [6, 6.07) is 149. The van der Waals surface area contributed by atoms with E-state index in [1.54, 1.807) is 24.8 Å². The van der Waals surface area contributed by atoms with E-state index in [2.05, 4.69) is 273 Å². The van der Waals surface area contributed by atoms with Gasteiger partial charge in [0.25, 0.3) is 0 Å². The van der Waals surface area contributed by atoms with Gasteiger partial charge in [0.2, 0.25) is 23.5 Å². The van der Waals surface area contributed by atoms with Gasteiger partial charge in [0, 0.05) is 154 Å². The zero-order valence-corrected chi connectivity index (χ0v) is 84.7. The first-order chi connectivity index (χ1) is 69.4. The zero-order chi connectivity index (χ0) is 92.8. The molecule has 0 radical (unpaired) electrons. The normalized spacial score (nSPS) is 11.1. The molecule has 16 aromatic heterocycles. The number of nitrogens with zero attached hydrogens (tertiary/aromatic N) is 16. The van der Waals surface area contributed by atoms with Gasteiger partial charge in [-0.05, 0) is 141 Å². The minimum atomic E-state index is 0. The second kappa shape index (κ2) is 41.1. The number of hydrogen-bond acceptors (Lipinski definition) is 12. The quantitative estimate of drug-likeness (QED) is 0.0838. The molecule has 0 bridgehead atoms. The molecular formula is C120H72N16O4Pt4. The maximum Gasteiger partial charge on any atom is 2.00 e. The Hall–Kier alpha value is -16.8. The molecule has 28 rings (SSSR count). The molecule has 0 spiro atoms. The SMILES string of the molecule is [Pt+2].[Pt+2].[Pt+2].[Pt+2].[c-]1c(-c2ncc3ccccn23)cccc1-n1c2[c-]c(Oc3ccccn3)ccc2c2ccccc21.[c-]1c(-c2ncn3ccccc23)cccc1-n1c2[c-]c(Oc3ccccn3)ccc2c2ccccc21.[c-]1c(Oc2ccccn2)cccc1-n1c2[c-]c(-c3ncc4ccccn34)ccc2c2ccccc21.[c-]1c(Oc2ccccn2)cccc1-n1c2[c-]c(-c3ncn4ccccc34)ccc2c2ccccc21. The Kier molecular flexibility index (Phi) is 26.7. The van der Waals surface area contributed by atoms with Crippen molar-refractivity contribution in [2.45, 2.75) is 0 Å². The largest absolute Gasteiger partial charge is 2.00 e. The molecule has 0 saturated carbocycles. The van der Waals surface area contributed by atoms with E-state index in [1.165, 1.54) is 0 Å². The van der Waals surface area contributed by atoms with Crippen molar-refractivity contribution in [3.8, 4) is 115 Å². The van der Waals surface area contributed by atoms with E-state index in [-0.39, 0.29) is 84.3 Å². The summed E-state index contributed by atoms with van der Waals surface area (Å²) < 4.78 is 40.8. The minimum Gasteiger partial charge on any atom is -0.466 e. The maximum atomic E-state index is 6.00. The summed E-state index contributed by atoms with van der Waals surface area (Å²) in [4.78, 5) is 35.8. The first kappa shape index (κ1) is 93.5. The molecule has 696 valence electrons. The van der Waals surface area contributed by atoms with Gasteiger partial charge in [0.15, 0.2) is 0 Å². The molecule has 0 unspecified atom stereocenters. The summed E-state index contributed by atoms with van der Waals surface area (Å²) in [5.41, 5.74) is 21.3. The summed E-state index contributed by atoms with van der Waals surface area (Å²) in [7, 11) is 0. The Bertz CT molecular complexity index is 8990. The summed E-state index contributed by atoms with van der Waals surface area (Å²) >= 11 is 0. The van der Waals surface area contributed by atoms with Crippen molar-refractivity contribution in [3.63, 3.8) is 0 Å². The number of ether oxygens (including phenoxy) is 4. The van der Waals surface area contributed by atoms with Gasteiger partial charge in [0.05, 0.1) is 35.3 Å². The molecule has 0 aliphatic heterocycles. The zero-order valence-electron chi connectivity index (χ0n) is 75.6. The van der Waals surface area contributed by atoms with E-state index in [0.717, 1.165) is 177 Å². The minimum absolute atomic E-state index is 0. The monoisotopic (exact) mass is 2580 g/mol. The van der Waals surface area contributed by atoms with Crippen LogP contribution in [0.15, 0.2) is 439 Å². The third-order valence-electron chi connectivity index (χ3n) is 24.5. The summed E-state index contributed by atoms with van der Waals surface area (Å²) in [6.45, 7) is 0. The Morgan fingerprint density at radius 2 is 0.500 bits per heavy atom. The number of benzene rings is 12. The molecule has 0 aliphatic carbocycles. The van der Waals surface area contributed by atoms with Crippen LogP contribution in [0.25, 0.3) is 177 Å². The molecule has 28 aromatic rings. The van der Waals surface area contributed by atoms with Gasteiger partial charge in [0.1, 0.15) is 0 Å². The van der Waals surface area contributed by atoms with Crippen LogP contribution in [0.5, 0.6) is 46.5 Å². The van der Waals surface area contributed by atoms with Crippen LogP contribution in [0.2, 0.25) is 0 Å². The van der Waals surface area contributed by atoms with Crippen LogP contribution >= 0.6 is 0 Å². The third kappa shape index (κ3) is 18.0. The van der Waals surface area contributed by atoms with Crippen molar-refractivity contribution in [2.24, 2.45) is 0 Å². The van der Waals surface area contributed by atoms with Crippen molar-refractivity contribution in [1.29, 1.82) is 0 Å². The molecule has 0 fully saturated rings. The molecule has 20 nitrogen and oxygen atoms in total. The van der Waals surface area contributed by atoms with Crippen molar-refractivity contribution in [1.82, 2.24) is 75.7 Å². The van der Waals surface area contributed by atoms with Crippen LogP contribution in [0.3, 0.4) is 0 Å². The topological polar surface area (TPSA) is 177 Å². The fraction of sp³-hybridized carbons (Fsp3) is 0. The van der Waals surface area contributed by atoms with Gasteiger partial charge >= 0.3 is 84.3 Å². The smallest absolute Gasteiger partial charge is 0.466 e. The number of pyridine rings is 8. The van der Waals surface area contributed by atoms with Gasteiger partial charge in [-0.15, -0.1) is 179 Å². The van der Waals surface area contributed by atoms with Crippen molar-refractivity contribution in [2.75, 3.05) is 0 Å². The van der Waals surface area contributed by atoms with Crippen LogP contribution in [-0.4, -0.2) is 75.7 Å². The van der Waals surface area contributed by atoms with Gasteiger partial charge in [-0.25, -0.2) is 19.9 Å². The molecule has 0 aliphatic rings. The molecule has 0 saturated heterocycles. The first-order valence-corrected chi connectivity index (χ1v) is 45.4. The molecule has 16 heterocycles. The fourth-order valence-electron chi connectivity index (χ4n) is 18.3. The number of hydrogen-bond donors (Lipinski definition) is 0. The predicted octanol–water partition coefficient (Wildman–Crippen LogP) is 27.5. The second-order valence-electron chi connectivity index (χ2n) is 33.0. The Morgan fingerprint density at radius 1 is 0.201 bits per heavy atom. The van der Waals surface area contributed by atoms with Crippen LogP contribution in [0.4, 0.5) is 0 Å². The summed E-state index contributed by atoms with van der Waals surface area (Å²) in [5, 5.41) is 9.04.